The van der Waals surface area contributed by atoms with Crippen molar-refractivity contribution in [2.75, 3.05) is 45.9 Å². The van der Waals surface area contributed by atoms with E-state index in [1.807, 2.05) is 17.0 Å². The predicted octanol–water partition coefficient (Wildman–Crippen LogP) is 3.28. The summed E-state index contributed by atoms with van der Waals surface area (Å²) >= 11 is 6.05. The minimum atomic E-state index is -0.224. The molecule has 30 heavy (non-hydrogen) atoms. The van der Waals surface area contributed by atoms with Gasteiger partial charge in [0.15, 0.2) is 5.96 Å². The number of carbonyl (C=O) groups excluding carboxylic acids is 1. The van der Waals surface area contributed by atoms with Crippen molar-refractivity contribution in [2.24, 2.45) is 4.99 Å². The van der Waals surface area contributed by atoms with Crippen molar-refractivity contribution in [3.63, 3.8) is 0 Å². The average Bonchev–Trinajstić information content (AvgIpc) is 3.33. The number of amides is 1. The highest BCUT2D eigenvalue weighted by Crippen LogP contribution is 2.48. The minimum Gasteiger partial charge on any atom is -0.368 e. The molecule has 1 unspecified atom stereocenters. The lowest BCUT2D eigenvalue weighted by Crippen LogP contribution is -2.55. The van der Waals surface area contributed by atoms with Gasteiger partial charge in [0.05, 0.1) is 6.54 Å². The maximum absolute atomic E-state index is 12.6. The molecular weight excluding hydrogens is 515 g/mol. The summed E-state index contributed by atoms with van der Waals surface area (Å²) in [6, 6.07) is 8.20. The fourth-order valence-electron chi connectivity index (χ4n) is 4.26. The molecule has 1 saturated carbocycles. The number of rotatable bonds is 5. The van der Waals surface area contributed by atoms with Crippen LogP contribution in [0.3, 0.4) is 0 Å². The lowest BCUT2D eigenvalue weighted by molar-refractivity contribution is -0.142. The molecule has 166 valence electrons. The first-order chi connectivity index (χ1) is 14.1. The van der Waals surface area contributed by atoms with E-state index in [1.54, 1.807) is 0 Å². The molecule has 2 aliphatic heterocycles. The fourth-order valence-corrected chi connectivity index (χ4v) is 4.39. The van der Waals surface area contributed by atoms with E-state index in [0.717, 1.165) is 63.1 Å². The Hall–Kier alpha value is -1.06. The summed E-state index contributed by atoms with van der Waals surface area (Å²) in [5.74, 6) is 1.11. The van der Waals surface area contributed by atoms with Crippen LogP contribution in [-0.2, 0) is 14.9 Å². The number of nitrogens with one attached hydrogen (secondary N) is 1. The second kappa shape index (κ2) is 10.5. The highest BCUT2D eigenvalue weighted by atomic mass is 127. The molecule has 0 bridgehead atoms. The molecule has 1 aromatic rings. The number of carbonyl (C=O) groups is 1. The minimum absolute atomic E-state index is 0. The van der Waals surface area contributed by atoms with Gasteiger partial charge < -0.3 is 19.9 Å². The van der Waals surface area contributed by atoms with Crippen LogP contribution in [0.4, 0.5) is 0 Å². The molecule has 1 amide bonds. The van der Waals surface area contributed by atoms with Gasteiger partial charge in [-0.3, -0.25) is 9.79 Å². The molecule has 6 nitrogen and oxygen atoms in total. The molecule has 1 atom stereocenters. The quantitative estimate of drug-likeness (QED) is 0.350. The first kappa shape index (κ1) is 23.6. The van der Waals surface area contributed by atoms with Crippen molar-refractivity contribution < 1.29 is 9.53 Å². The van der Waals surface area contributed by atoms with E-state index in [4.69, 9.17) is 21.3 Å². The number of benzene rings is 1. The summed E-state index contributed by atoms with van der Waals surface area (Å²) in [5.41, 5.74) is 1.48. The maximum atomic E-state index is 12.6. The average molecular weight is 547 g/mol. The van der Waals surface area contributed by atoms with Crippen molar-refractivity contribution in [2.45, 2.75) is 44.1 Å². The highest BCUT2D eigenvalue weighted by molar-refractivity contribution is 14.0. The number of guanidine groups is 1. The van der Waals surface area contributed by atoms with Gasteiger partial charge in [-0.1, -0.05) is 23.7 Å². The van der Waals surface area contributed by atoms with Gasteiger partial charge in [0.25, 0.3) is 5.91 Å². The van der Waals surface area contributed by atoms with E-state index in [2.05, 4.69) is 29.3 Å². The van der Waals surface area contributed by atoms with Crippen LogP contribution in [0.15, 0.2) is 29.3 Å². The van der Waals surface area contributed by atoms with Gasteiger partial charge in [-0.15, -0.1) is 24.0 Å². The van der Waals surface area contributed by atoms with Crippen LogP contribution < -0.4 is 5.32 Å². The lowest BCUT2D eigenvalue weighted by Gasteiger charge is -2.37. The third kappa shape index (κ3) is 5.40. The van der Waals surface area contributed by atoms with Crippen molar-refractivity contribution in [1.29, 1.82) is 0 Å². The number of piperazine rings is 1. The molecule has 0 aromatic heterocycles. The van der Waals surface area contributed by atoms with Gasteiger partial charge in [0, 0.05) is 49.8 Å². The third-order valence-corrected chi connectivity index (χ3v) is 6.52. The number of hydrogen-bond donors (Lipinski definition) is 1. The van der Waals surface area contributed by atoms with Crippen LogP contribution in [0.25, 0.3) is 0 Å². The summed E-state index contributed by atoms with van der Waals surface area (Å²) in [4.78, 5) is 21.8. The molecule has 0 radical (unpaired) electrons. The van der Waals surface area contributed by atoms with Crippen LogP contribution in [0.2, 0.25) is 5.02 Å². The molecule has 2 saturated heterocycles. The Kier molecular flexibility index (Phi) is 8.26. The molecule has 4 rings (SSSR count). The second-order valence-corrected chi connectivity index (χ2v) is 8.71. The van der Waals surface area contributed by atoms with Crippen LogP contribution >= 0.6 is 35.6 Å². The van der Waals surface area contributed by atoms with Crippen molar-refractivity contribution in [3.05, 3.63) is 34.9 Å². The molecule has 8 heteroatoms. The smallest absolute Gasteiger partial charge is 0.251 e. The Labute approximate surface area is 201 Å². The number of aliphatic imine (C=N–C) groups is 1. The van der Waals surface area contributed by atoms with Crippen molar-refractivity contribution in [1.82, 2.24) is 15.1 Å². The SMILES string of the molecule is CCNC(=NCC1(c2ccc(Cl)cc2)CC1)N1CCN(C(=O)C2CCCO2)CC1.I. The zero-order valence-corrected chi connectivity index (χ0v) is 20.7. The van der Waals surface area contributed by atoms with Crippen LogP contribution in [-0.4, -0.2) is 73.6 Å². The third-order valence-electron chi connectivity index (χ3n) is 6.27. The van der Waals surface area contributed by atoms with E-state index in [-0.39, 0.29) is 41.4 Å². The van der Waals surface area contributed by atoms with E-state index >= 15 is 0 Å². The van der Waals surface area contributed by atoms with E-state index in [1.165, 1.54) is 18.4 Å². The largest absolute Gasteiger partial charge is 0.368 e. The molecule has 1 aliphatic carbocycles. The molecule has 3 aliphatic rings. The molecule has 1 N–H and O–H groups in total. The normalized spacial score (nSPS) is 23.1. The zero-order valence-electron chi connectivity index (χ0n) is 17.6. The van der Waals surface area contributed by atoms with Crippen molar-refractivity contribution >= 4 is 47.4 Å². The Balaban J connectivity index is 0.00000256. The predicted molar refractivity (Wildman–Crippen MR) is 131 cm³/mol. The monoisotopic (exact) mass is 546 g/mol. The summed E-state index contributed by atoms with van der Waals surface area (Å²) in [7, 11) is 0. The van der Waals surface area contributed by atoms with Crippen molar-refractivity contribution in [3.8, 4) is 0 Å². The first-order valence-corrected chi connectivity index (χ1v) is 11.2. The zero-order chi connectivity index (χ0) is 20.3. The fraction of sp³-hybridized carbons (Fsp3) is 0.636. The first-order valence-electron chi connectivity index (χ1n) is 10.8. The van der Waals surface area contributed by atoms with E-state index < -0.39 is 0 Å². The molecule has 0 spiro atoms. The Morgan fingerprint density at radius 2 is 1.87 bits per heavy atom. The highest BCUT2D eigenvalue weighted by Gasteiger charge is 2.44. The summed E-state index contributed by atoms with van der Waals surface area (Å²) in [6.45, 7) is 7.49. The molecule has 2 heterocycles. The second-order valence-electron chi connectivity index (χ2n) is 8.27. The Bertz CT molecular complexity index is 740. The number of hydrogen-bond acceptors (Lipinski definition) is 3. The molecule has 3 fully saturated rings. The lowest BCUT2D eigenvalue weighted by atomic mass is 9.96. The Morgan fingerprint density at radius 1 is 1.20 bits per heavy atom. The number of halogens is 2. The topological polar surface area (TPSA) is 57.2 Å². The summed E-state index contributed by atoms with van der Waals surface area (Å²) in [6.07, 6.45) is 3.96. The van der Waals surface area contributed by atoms with Gasteiger partial charge >= 0.3 is 0 Å². The van der Waals surface area contributed by atoms with Crippen LogP contribution in [0.5, 0.6) is 0 Å². The Morgan fingerprint density at radius 3 is 2.43 bits per heavy atom. The van der Waals surface area contributed by atoms with Gasteiger partial charge in [-0.2, -0.15) is 0 Å². The van der Waals surface area contributed by atoms with Gasteiger partial charge in [0.2, 0.25) is 0 Å². The van der Waals surface area contributed by atoms with E-state index in [9.17, 15) is 4.79 Å². The summed E-state index contributed by atoms with van der Waals surface area (Å²) < 4.78 is 5.56. The number of ether oxygens (including phenoxy) is 1. The maximum Gasteiger partial charge on any atom is 0.251 e. The molecule has 1 aromatic carbocycles. The number of nitrogens with zero attached hydrogens (tertiary/aromatic N) is 3. The standard InChI is InChI=1S/C22H31ClN4O2.HI/c1-2-24-21(25-16-22(9-10-22)17-5-7-18(23)8-6-17)27-13-11-26(12-14-27)20(28)19-4-3-15-29-19;/h5-8,19H,2-4,9-16H2,1H3,(H,24,25);1H. The summed E-state index contributed by atoms with van der Waals surface area (Å²) in [5, 5.41) is 4.21. The van der Waals surface area contributed by atoms with Crippen LogP contribution in [0.1, 0.15) is 38.2 Å². The van der Waals surface area contributed by atoms with Gasteiger partial charge in [-0.05, 0) is 50.3 Å². The molecular formula is C22H32ClIN4O2. The van der Waals surface area contributed by atoms with Gasteiger partial charge in [-0.25, -0.2) is 0 Å². The van der Waals surface area contributed by atoms with Crippen LogP contribution in [0, 0.1) is 0 Å². The van der Waals surface area contributed by atoms with Gasteiger partial charge in [0.1, 0.15) is 6.10 Å². The van der Waals surface area contributed by atoms with E-state index in [0.29, 0.717) is 6.61 Å².